The summed E-state index contributed by atoms with van der Waals surface area (Å²) in [4.78, 5) is 5.14. The van der Waals surface area contributed by atoms with Crippen LogP contribution in [0.2, 0.25) is 5.02 Å². The fourth-order valence-corrected chi connectivity index (χ4v) is 4.70. The van der Waals surface area contributed by atoms with E-state index >= 15 is 0 Å². The molecule has 0 N–H and O–H groups in total. The van der Waals surface area contributed by atoms with Crippen LogP contribution in [0.1, 0.15) is 0 Å². The van der Waals surface area contributed by atoms with Crippen molar-refractivity contribution in [1.29, 1.82) is 0 Å². The van der Waals surface area contributed by atoms with Crippen molar-refractivity contribution in [2.75, 3.05) is 0 Å². The molecule has 6 aromatic rings. The summed E-state index contributed by atoms with van der Waals surface area (Å²) in [5, 5.41) is 4.25. The lowest BCUT2D eigenvalue weighted by molar-refractivity contribution is 1.42. The van der Waals surface area contributed by atoms with Crippen molar-refractivity contribution in [1.82, 2.24) is 4.98 Å². The Morgan fingerprint density at radius 3 is 2.00 bits per heavy atom. The number of nitrogens with zero attached hydrogens (tertiary/aromatic N) is 1. The fraction of sp³-hybridized carbons (Fsp3) is 0. The Balaban J connectivity index is 1.66. The smallest absolute Gasteiger partial charge is 0.0788 e. The molecule has 1 heterocycles. The lowest BCUT2D eigenvalue weighted by Gasteiger charge is -2.15. The summed E-state index contributed by atoms with van der Waals surface area (Å²) in [7, 11) is 0. The van der Waals surface area contributed by atoms with E-state index in [0.29, 0.717) is 0 Å². The predicted molar refractivity (Wildman–Crippen MR) is 141 cm³/mol. The second-order valence-corrected chi connectivity index (χ2v) is 8.60. The van der Waals surface area contributed by atoms with Gasteiger partial charge in [0.15, 0.2) is 0 Å². The van der Waals surface area contributed by atoms with Crippen LogP contribution in [-0.2, 0) is 0 Å². The first kappa shape index (κ1) is 19.7. The number of fused-ring (bicyclic) bond motifs is 3. The molecule has 0 radical (unpaired) electrons. The molecule has 156 valence electrons. The Morgan fingerprint density at radius 1 is 0.485 bits per heavy atom. The SMILES string of the molecule is Clc1ccc(-c2cccc3c(-c4cccc(-c5ccccc5)c4)nc4ccccc4c23)cc1. The number of hydrogen-bond acceptors (Lipinski definition) is 1. The molecule has 1 nitrogen and oxygen atoms in total. The Morgan fingerprint density at radius 2 is 1.15 bits per heavy atom. The first-order chi connectivity index (χ1) is 16.3. The van der Waals surface area contributed by atoms with Gasteiger partial charge in [0.25, 0.3) is 0 Å². The molecule has 0 unspecified atom stereocenters. The highest BCUT2D eigenvalue weighted by atomic mass is 35.5. The van der Waals surface area contributed by atoms with Crippen LogP contribution in [0, 0.1) is 0 Å². The second kappa shape index (κ2) is 8.20. The van der Waals surface area contributed by atoms with Crippen LogP contribution < -0.4 is 0 Å². The van der Waals surface area contributed by atoms with Gasteiger partial charge in [-0.15, -0.1) is 0 Å². The van der Waals surface area contributed by atoms with Crippen molar-refractivity contribution < 1.29 is 0 Å². The molecule has 0 amide bonds. The van der Waals surface area contributed by atoms with Gasteiger partial charge < -0.3 is 0 Å². The fourth-order valence-electron chi connectivity index (χ4n) is 4.57. The largest absolute Gasteiger partial charge is 0.247 e. The standard InChI is InChI=1S/C31H20ClN/c32-25-18-16-22(17-19-25)26-13-7-14-28-30(26)27-12-4-5-15-29(27)33-31(28)24-11-6-10-23(20-24)21-8-2-1-3-9-21/h1-20H. The molecular weight excluding hydrogens is 422 g/mol. The third kappa shape index (κ3) is 3.57. The molecule has 0 bridgehead atoms. The van der Waals surface area contributed by atoms with Crippen LogP contribution in [0.4, 0.5) is 0 Å². The molecule has 0 aliphatic heterocycles. The number of para-hydroxylation sites is 1. The molecule has 0 saturated heterocycles. The van der Waals surface area contributed by atoms with Crippen LogP contribution in [0.3, 0.4) is 0 Å². The van der Waals surface area contributed by atoms with Gasteiger partial charge in [-0.25, -0.2) is 4.98 Å². The number of halogens is 1. The molecule has 0 spiro atoms. The van der Waals surface area contributed by atoms with E-state index in [0.717, 1.165) is 38.1 Å². The predicted octanol–water partition coefficient (Wildman–Crippen LogP) is 9.04. The van der Waals surface area contributed by atoms with E-state index < -0.39 is 0 Å². The Bertz CT molecular complexity index is 1600. The summed E-state index contributed by atoms with van der Waals surface area (Å²) < 4.78 is 0. The van der Waals surface area contributed by atoms with Crippen molar-refractivity contribution in [2.45, 2.75) is 0 Å². The highest BCUT2D eigenvalue weighted by Gasteiger charge is 2.14. The molecule has 0 fully saturated rings. The minimum absolute atomic E-state index is 0.740. The van der Waals surface area contributed by atoms with Crippen molar-refractivity contribution >= 4 is 33.3 Å². The van der Waals surface area contributed by atoms with E-state index in [4.69, 9.17) is 16.6 Å². The minimum atomic E-state index is 0.740. The van der Waals surface area contributed by atoms with E-state index in [1.807, 2.05) is 18.2 Å². The maximum atomic E-state index is 6.17. The van der Waals surface area contributed by atoms with Gasteiger partial charge in [0.2, 0.25) is 0 Å². The molecule has 6 rings (SSSR count). The van der Waals surface area contributed by atoms with Gasteiger partial charge in [-0.05, 0) is 46.5 Å². The van der Waals surface area contributed by atoms with E-state index in [1.54, 1.807) is 0 Å². The minimum Gasteiger partial charge on any atom is -0.247 e. The molecule has 0 aliphatic carbocycles. The van der Waals surface area contributed by atoms with Gasteiger partial charge in [-0.1, -0.05) is 109 Å². The molecule has 0 saturated carbocycles. The molecule has 33 heavy (non-hydrogen) atoms. The van der Waals surface area contributed by atoms with Crippen LogP contribution in [0.25, 0.3) is 55.2 Å². The molecule has 0 aliphatic rings. The van der Waals surface area contributed by atoms with Gasteiger partial charge in [-0.2, -0.15) is 0 Å². The first-order valence-electron chi connectivity index (χ1n) is 11.0. The summed E-state index contributed by atoms with van der Waals surface area (Å²) in [5.41, 5.74) is 7.81. The highest BCUT2D eigenvalue weighted by molar-refractivity contribution is 6.30. The summed E-state index contributed by atoms with van der Waals surface area (Å²) in [6.07, 6.45) is 0. The molecular formula is C31H20ClN. The zero-order valence-corrected chi connectivity index (χ0v) is 18.6. The molecule has 2 heteroatoms. The van der Waals surface area contributed by atoms with Gasteiger partial charge in [0, 0.05) is 26.7 Å². The molecule has 5 aromatic carbocycles. The van der Waals surface area contributed by atoms with Gasteiger partial charge in [0.05, 0.1) is 11.2 Å². The van der Waals surface area contributed by atoms with Gasteiger partial charge in [0.1, 0.15) is 0 Å². The van der Waals surface area contributed by atoms with E-state index in [-0.39, 0.29) is 0 Å². The zero-order valence-electron chi connectivity index (χ0n) is 17.9. The average molecular weight is 442 g/mol. The van der Waals surface area contributed by atoms with Crippen molar-refractivity contribution in [2.24, 2.45) is 0 Å². The number of hydrogen-bond donors (Lipinski definition) is 0. The highest BCUT2D eigenvalue weighted by Crippen LogP contribution is 2.39. The summed E-state index contributed by atoms with van der Waals surface area (Å²) in [5.74, 6) is 0. The average Bonchev–Trinajstić information content (AvgIpc) is 2.89. The van der Waals surface area contributed by atoms with Gasteiger partial charge in [-0.3, -0.25) is 0 Å². The lowest BCUT2D eigenvalue weighted by atomic mass is 9.92. The third-order valence-electron chi connectivity index (χ3n) is 6.12. The Labute approximate surface area is 197 Å². The second-order valence-electron chi connectivity index (χ2n) is 8.16. The maximum Gasteiger partial charge on any atom is 0.0788 e. The summed E-state index contributed by atoms with van der Waals surface area (Å²) in [6.45, 7) is 0. The monoisotopic (exact) mass is 441 g/mol. The quantitative estimate of drug-likeness (QED) is 0.249. The maximum absolute atomic E-state index is 6.17. The lowest BCUT2D eigenvalue weighted by Crippen LogP contribution is -1.92. The third-order valence-corrected chi connectivity index (χ3v) is 6.38. The van der Waals surface area contributed by atoms with Crippen molar-refractivity contribution in [3.05, 3.63) is 126 Å². The van der Waals surface area contributed by atoms with Crippen molar-refractivity contribution in [3.8, 4) is 33.5 Å². The van der Waals surface area contributed by atoms with Crippen LogP contribution in [0.5, 0.6) is 0 Å². The topological polar surface area (TPSA) is 12.9 Å². The van der Waals surface area contributed by atoms with Crippen LogP contribution in [0.15, 0.2) is 121 Å². The van der Waals surface area contributed by atoms with Crippen LogP contribution in [-0.4, -0.2) is 4.98 Å². The summed E-state index contributed by atoms with van der Waals surface area (Å²) in [6, 6.07) is 42.1. The number of rotatable bonds is 3. The Kier molecular flexibility index (Phi) is 4.90. The molecule has 1 aromatic heterocycles. The normalized spacial score (nSPS) is 11.2. The van der Waals surface area contributed by atoms with Gasteiger partial charge >= 0.3 is 0 Å². The zero-order chi connectivity index (χ0) is 22.2. The van der Waals surface area contributed by atoms with E-state index in [2.05, 4.69) is 103 Å². The first-order valence-corrected chi connectivity index (χ1v) is 11.4. The van der Waals surface area contributed by atoms with E-state index in [1.165, 1.54) is 22.1 Å². The van der Waals surface area contributed by atoms with Crippen molar-refractivity contribution in [3.63, 3.8) is 0 Å². The van der Waals surface area contributed by atoms with Crippen LogP contribution >= 0.6 is 11.6 Å². The molecule has 0 atom stereocenters. The number of pyridine rings is 1. The Hall–Kier alpha value is -3.94. The number of benzene rings is 5. The van der Waals surface area contributed by atoms with E-state index in [9.17, 15) is 0 Å². The summed E-state index contributed by atoms with van der Waals surface area (Å²) >= 11 is 6.17. The number of aromatic nitrogens is 1.